The summed E-state index contributed by atoms with van der Waals surface area (Å²) >= 11 is 0. The fourth-order valence-electron chi connectivity index (χ4n) is 4.02. The van der Waals surface area contributed by atoms with Gasteiger partial charge in [-0.25, -0.2) is 0 Å². The van der Waals surface area contributed by atoms with Crippen molar-refractivity contribution in [2.45, 2.75) is 65.2 Å². The van der Waals surface area contributed by atoms with Crippen LogP contribution in [0.15, 0.2) is 6.20 Å². The van der Waals surface area contributed by atoms with Crippen LogP contribution >= 0.6 is 0 Å². The molecule has 1 saturated heterocycles. The Balaban J connectivity index is 1.67. The number of aromatic nitrogens is 5. The van der Waals surface area contributed by atoms with E-state index in [1.54, 1.807) is 6.20 Å². The van der Waals surface area contributed by atoms with E-state index in [9.17, 15) is 4.79 Å². The van der Waals surface area contributed by atoms with Gasteiger partial charge in [-0.3, -0.25) is 9.48 Å². The minimum atomic E-state index is 0.117. The Labute approximate surface area is 135 Å². The number of carbonyl (C=O) groups excluding carboxylic acids is 1. The molecule has 0 saturated carbocycles. The van der Waals surface area contributed by atoms with E-state index < -0.39 is 0 Å². The number of fused-ring (bicyclic) bond motifs is 3. The summed E-state index contributed by atoms with van der Waals surface area (Å²) in [6, 6.07) is 0.453. The van der Waals surface area contributed by atoms with Crippen molar-refractivity contribution in [3.63, 3.8) is 0 Å². The molecule has 2 aliphatic heterocycles. The summed E-state index contributed by atoms with van der Waals surface area (Å²) in [7, 11) is 0. The molecule has 1 fully saturated rings. The summed E-state index contributed by atoms with van der Waals surface area (Å²) in [5.41, 5.74) is 1.69. The average Bonchev–Trinajstić information content (AvgIpc) is 3.15. The van der Waals surface area contributed by atoms with Gasteiger partial charge in [0.2, 0.25) is 0 Å². The standard InChI is InChI=1S/C16H22N6O/c1-4-21-10(2)14(8-17-21)16(23)22-12-5-6-13(22)9-20-11(3)18-19-15(20)7-12/h8,12-13H,4-7,9H2,1-3H3. The topological polar surface area (TPSA) is 68.8 Å². The van der Waals surface area contributed by atoms with Gasteiger partial charge in [-0.15, -0.1) is 10.2 Å². The summed E-state index contributed by atoms with van der Waals surface area (Å²) < 4.78 is 4.05. The number of rotatable bonds is 2. The third-order valence-electron chi connectivity index (χ3n) is 5.31. The molecule has 2 aromatic rings. The number of hydrogen-bond acceptors (Lipinski definition) is 4. The van der Waals surface area contributed by atoms with Crippen molar-refractivity contribution in [1.29, 1.82) is 0 Å². The van der Waals surface area contributed by atoms with Crippen LogP contribution in [0.3, 0.4) is 0 Å². The summed E-state index contributed by atoms with van der Waals surface area (Å²) in [6.45, 7) is 7.59. The van der Waals surface area contributed by atoms with Gasteiger partial charge in [0.05, 0.1) is 17.8 Å². The van der Waals surface area contributed by atoms with Crippen LogP contribution in [0.25, 0.3) is 0 Å². The molecule has 0 aliphatic carbocycles. The van der Waals surface area contributed by atoms with E-state index in [4.69, 9.17) is 0 Å². The minimum Gasteiger partial charge on any atom is -0.330 e. The summed E-state index contributed by atoms with van der Waals surface area (Å²) in [4.78, 5) is 15.2. The van der Waals surface area contributed by atoms with Crippen LogP contribution < -0.4 is 0 Å². The van der Waals surface area contributed by atoms with Gasteiger partial charge in [-0.05, 0) is 33.6 Å². The lowest BCUT2D eigenvalue weighted by atomic mass is 10.1. The second kappa shape index (κ2) is 5.18. The first-order chi connectivity index (χ1) is 11.1. The molecule has 23 heavy (non-hydrogen) atoms. The zero-order valence-electron chi connectivity index (χ0n) is 13.9. The summed E-state index contributed by atoms with van der Waals surface area (Å²) in [5.74, 6) is 2.06. The lowest BCUT2D eigenvalue weighted by molar-refractivity contribution is 0.0664. The van der Waals surface area contributed by atoms with Crippen molar-refractivity contribution in [2.75, 3.05) is 0 Å². The van der Waals surface area contributed by atoms with Crippen LogP contribution in [-0.2, 0) is 19.5 Å². The maximum atomic E-state index is 13.1. The van der Waals surface area contributed by atoms with E-state index in [1.807, 2.05) is 25.5 Å². The predicted octanol–water partition coefficient (Wildman–Crippen LogP) is 1.34. The molecule has 0 aromatic carbocycles. The maximum absolute atomic E-state index is 13.1. The molecule has 0 N–H and O–H groups in total. The highest BCUT2D eigenvalue weighted by atomic mass is 16.2. The van der Waals surface area contributed by atoms with Crippen molar-refractivity contribution in [1.82, 2.24) is 29.4 Å². The van der Waals surface area contributed by atoms with Crippen LogP contribution in [0.5, 0.6) is 0 Å². The maximum Gasteiger partial charge on any atom is 0.257 e. The predicted molar refractivity (Wildman–Crippen MR) is 84.1 cm³/mol. The molecular formula is C16H22N6O. The molecule has 2 atom stereocenters. The number of aryl methyl sites for hydroxylation is 2. The molecule has 2 aliphatic rings. The highest BCUT2D eigenvalue weighted by molar-refractivity contribution is 5.95. The van der Waals surface area contributed by atoms with Gasteiger partial charge in [0.1, 0.15) is 11.6 Å². The van der Waals surface area contributed by atoms with E-state index >= 15 is 0 Å². The fraction of sp³-hybridized carbons (Fsp3) is 0.625. The molecule has 7 nitrogen and oxygen atoms in total. The molecule has 4 heterocycles. The van der Waals surface area contributed by atoms with E-state index in [0.29, 0.717) is 0 Å². The number of nitrogens with zero attached hydrogens (tertiary/aromatic N) is 6. The molecule has 2 bridgehead atoms. The van der Waals surface area contributed by atoms with Crippen molar-refractivity contribution in [3.8, 4) is 0 Å². The Kier molecular flexibility index (Phi) is 3.25. The molecular weight excluding hydrogens is 292 g/mol. The van der Waals surface area contributed by atoms with Gasteiger partial charge in [-0.2, -0.15) is 5.10 Å². The van der Waals surface area contributed by atoms with Crippen molar-refractivity contribution in [2.24, 2.45) is 0 Å². The van der Waals surface area contributed by atoms with E-state index in [-0.39, 0.29) is 18.0 Å². The van der Waals surface area contributed by atoms with Gasteiger partial charge in [0, 0.05) is 31.2 Å². The average molecular weight is 314 g/mol. The first kappa shape index (κ1) is 14.4. The smallest absolute Gasteiger partial charge is 0.257 e. The monoisotopic (exact) mass is 314 g/mol. The van der Waals surface area contributed by atoms with Gasteiger partial charge in [-0.1, -0.05) is 0 Å². The van der Waals surface area contributed by atoms with Gasteiger partial charge < -0.3 is 9.47 Å². The van der Waals surface area contributed by atoms with Crippen molar-refractivity contribution in [3.05, 3.63) is 29.1 Å². The second-order valence-corrected chi connectivity index (χ2v) is 6.54. The number of hydrogen-bond donors (Lipinski definition) is 0. The molecule has 2 aromatic heterocycles. The SMILES string of the molecule is CCn1ncc(C(=O)N2C3CCC2Cn2c(C)nnc2C3)c1C. The van der Waals surface area contributed by atoms with Gasteiger partial charge >= 0.3 is 0 Å². The zero-order chi connectivity index (χ0) is 16.1. The fourth-order valence-corrected chi connectivity index (χ4v) is 4.02. The van der Waals surface area contributed by atoms with Gasteiger partial charge in [0.15, 0.2) is 0 Å². The quantitative estimate of drug-likeness (QED) is 0.839. The second-order valence-electron chi connectivity index (χ2n) is 6.54. The van der Waals surface area contributed by atoms with E-state index in [2.05, 4.69) is 24.8 Å². The molecule has 0 radical (unpaired) electrons. The highest BCUT2D eigenvalue weighted by Crippen LogP contribution is 2.33. The zero-order valence-corrected chi connectivity index (χ0v) is 13.9. The first-order valence-electron chi connectivity index (χ1n) is 8.34. The van der Waals surface area contributed by atoms with Crippen LogP contribution in [0.4, 0.5) is 0 Å². The molecule has 7 heteroatoms. The molecule has 2 unspecified atom stereocenters. The van der Waals surface area contributed by atoms with Gasteiger partial charge in [0.25, 0.3) is 5.91 Å². The minimum absolute atomic E-state index is 0.117. The Hall–Kier alpha value is -2.18. The molecule has 1 amide bonds. The van der Waals surface area contributed by atoms with Crippen molar-refractivity contribution >= 4 is 5.91 Å². The third kappa shape index (κ3) is 2.09. The van der Waals surface area contributed by atoms with E-state index in [0.717, 1.165) is 55.3 Å². The molecule has 4 rings (SSSR count). The lowest BCUT2D eigenvalue weighted by Crippen LogP contribution is -2.42. The Morgan fingerprint density at radius 2 is 2.04 bits per heavy atom. The summed E-state index contributed by atoms with van der Waals surface area (Å²) in [6.07, 6.45) is 4.61. The van der Waals surface area contributed by atoms with Crippen molar-refractivity contribution < 1.29 is 4.79 Å². The molecule has 122 valence electrons. The van der Waals surface area contributed by atoms with Crippen LogP contribution in [0.1, 0.15) is 47.5 Å². The number of amides is 1. The first-order valence-corrected chi connectivity index (χ1v) is 8.34. The van der Waals surface area contributed by atoms with Crippen LogP contribution in [-0.4, -0.2) is 47.4 Å². The summed E-state index contributed by atoms with van der Waals surface area (Å²) in [5, 5.41) is 12.8. The van der Waals surface area contributed by atoms with Crippen LogP contribution in [0.2, 0.25) is 0 Å². The molecule has 0 spiro atoms. The highest BCUT2D eigenvalue weighted by Gasteiger charge is 2.41. The lowest BCUT2D eigenvalue weighted by Gasteiger charge is -2.28. The Morgan fingerprint density at radius 3 is 2.78 bits per heavy atom. The van der Waals surface area contributed by atoms with Crippen LogP contribution in [0, 0.1) is 13.8 Å². The third-order valence-corrected chi connectivity index (χ3v) is 5.31. The largest absolute Gasteiger partial charge is 0.330 e. The normalized spacial score (nSPS) is 23.0. The Morgan fingerprint density at radius 1 is 1.26 bits per heavy atom. The van der Waals surface area contributed by atoms with E-state index in [1.165, 1.54) is 0 Å². The number of carbonyl (C=O) groups is 1. The Bertz CT molecular complexity index is 761.